The first-order valence-corrected chi connectivity index (χ1v) is 14.1. The molecule has 0 aromatic rings. The van der Waals surface area contributed by atoms with E-state index in [1.165, 1.54) is 7.11 Å². The van der Waals surface area contributed by atoms with Gasteiger partial charge in [0.15, 0.2) is 0 Å². The fourth-order valence-corrected chi connectivity index (χ4v) is 2.68. The number of carbonyl (C=O) groups excluding carboxylic acids is 1. The van der Waals surface area contributed by atoms with Crippen LogP contribution in [0.15, 0.2) is 0 Å². The lowest BCUT2D eigenvalue weighted by molar-refractivity contribution is -0.141. The van der Waals surface area contributed by atoms with Gasteiger partial charge in [-0.2, -0.15) is 0 Å². The van der Waals surface area contributed by atoms with Gasteiger partial charge >= 0.3 is 5.97 Å². The average Bonchev–Trinajstić information content (AvgIpc) is 2.95. The van der Waals surface area contributed by atoms with E-state index < -0.39 is 0 Å². The summed E-state index contributed by atoms with van der Waals surface area (Å²) in [6, 6.07) is 0. The van der Waals surface area contributed by atoms with E-state index in [1.54, 1.807) is 0 Å². The van der Waals surface area contributed by atoms with Crippen LogP contribution in [0.2, 0.25) is 0 Å². The largest absolute Gasteiger partial charge is 0.469 e. The van der Waals surface area contributed by atoms with E-state index in [0.717, 1.165) is 0 Å². The summed E-state index contributed by atoms with van der Waals surface area (Å²) in [7, 11) is 1.35. The normalized spacial score (nSPS) is 11.5. The Bertz CT molecular complexity index is 497. The van der Waals surface area contributed by atoms with E-state index >= 15 is 0 Å². The number of methoxy groups -OCH3 is 1. The number of ether oxygens (including phenoxy) is 12. The molecular formula is C27H54O13. The molecule has 0 bridgehead atoms. The molecule has 40 heavy (non-hydrogen) atoms. The summed E-state index contributed by atoms with van der Waals surface area (Å²) in [6.45, 7) is 14.6. The van der Waals surface area contributed by atoms with Crippen molar-refractivity contribution in [3.05, 3.63) is 0 Å². The van der Waals surface area contributed by atoms with Crippen LogP contribution in [0.1, 0.15) is 20.3 Å². The van der Waals surface area contributed by atoms with Gasteiger partial charge in [-0.3, -0.25) is 4.79 Å². The lowest BCUT2D eigenvalue weighted by Crippen LogP contribution is -2.15. The van der Waals surface area contributed by atoms with Crippen LogP contribution in [0.25, 0.3) is 0 Å². The maximum Gasteiger partial charge on any atom is 0.307 e. The van der Waals surface area contributed by atoms with Crippen molar-refractivity contribution in [1.29, 1.82) is 0 Å². The summed E-state index contributed by atoms with van der Waals surface area (Å²) < 4.78 is 64.0. The Morgan fingerprint density at radius 2 is 0.625 bits per heavy atom. The van der Waals surface area contributed by atoms with Crippen LogP contribution >= 0.6 is 0 Å². The van der Waals surface area contributed by atoms with Gasteiger partial charge in [-0.25, -0.2) is 0 Å². The van der Waals surface area contributed by atoms with Gasteiger partial charge in [-0.05, 0) is 13.8 Å². The molecule has 0 aliphatic carbocycles. The zero-order valence-electron chi connectivity index (χ0n) is 24.9. The lowest BCUT2D eigenvalue weighted by Gasteiger charge is -2.09. The van der Waals surface area contributed by atoms with Gasteiger partial charge in [0.1, 0.15) is 0 Å². The maximum absolute atomic E-state index is 10.9. The molecule has 0 unspecified atom stereocenters. The van der Waals surface area contributed by atoms with Crippen LogP contribution in [-0.4, -0.2) is 158 Å². The summed E-state index contributed by atoms with van der Waals surface area (Å²) in [5.41, 5.74) is 0. The first-order chi connectivity index (χ1) is 19.7. The highest BCUT2D eigenvalue weighted by Crippen LogP contribution is 1.89. The second-order valence-electron chi connectivity index (χ2n) is 8.37. The fourth-order valence-electron chi connectivity index (χ4n) is 2.68. The van der Waals surface area contributed by atoms with Crippen LogP contribution < -0.4 is 0 Å². The van der Waals surface area contributed by atoms with Crippen molar-refractivity contribution < 1.29 is 61.6 Å². The quantitative estimate of drug-likeness (QED) is 0.0790. The first kappa shape index (κ1) is 39.0. The Morgan fingerprint density at radius 3 is 0.850 bits per heavy atom. The zero-order valence-corrected chi connectivity index (χ0v) is 24.9. The molecule has 13 nitrogen and oxygen atoms in total. The number of hydrogen-bond donors (Lipinski definition) is 0. The third-order valence-electron chi connectivity index (χ3n) is 4.71. The molecule has 0 aromatic heterocycles. The molecule has 0 aromatic carbocycles. The number of carbonyl (C=O) groups is 1. The molecular weight excluding hydrogens is 532 g/mol. The van der Waals surface area contributed by atoms with E-state index in [-0.39, 0.29) is 18.5 Å². The molecule has 0 heterocycles. The van der Waals surface area contributed by atoms with Crippen molar-refractivity contribution in [3.8, 4) is 0 Å². The van der Waals surface area contributed by atoms with Crippen LogP contribution in [0.5, 0.6) is 0 Å². The third kappa shape index (κ3) is 35.1. The molecule has 240 valence electrons. The van der Waals surface area contributed by atoms with Crippen molar-refractivity contribution in [2.45, 2.75) is 26.4 Å². The Balaban J connectivity index is 3.04. The molecule has 0 saturated heterocycles. The summed E-state index contributed by atoms with van der Waals surface area (Å²) >= 11 is 0. The van der Waals surface area contributed by atoms with Gasteiger partial charge in [0.2, 0.25) is 0 Å². The third-order valence-corrected chi connectivity index (χ3v) is 4.71. The van der Waals surface area contributed by atoms with Gasteiger partial charge in [-0.1, -0.05) is 0 Å². The minimum absolute atomic E-state index is 0.230. The van der Waals surface area contributed by atoms with Crippen molar-refractivity contribution in [3.63, 3.8) is 0 Å². The van der Waals surface area contributed by atoms with E-state index in [0.29, 0.717) is 139 Å². The Kier molecular flexibility index (Phi) is 33.4. The minimum Gasteiger partial charge on any atom is -0.469 e. The number of esters is 1. The number of rotatable bonds is 34. The molecule has 0 rings (SSSR count). The summed E-state index contributed by atoms with van der Waals surface area (Å²) in [4.78, 5) is 10.9. The Morgan fingerprint density at radius 1 is 0.400 bits per heavy atom. The monoisotopic (exact) mass is 586 g/mol. The second-order valence-corrected chi connectivity index (χ2v) is 8.37. The first-order valence-electron chi connectivity index (χ1n) is 14.1. The summed E-state index contributed by atoms with van der Waals surface area (Å²) in [5.74, 6) is -0.284. The van der Waals surface area contributed by atoms with Crippen LogP contribution in [0.4, 0.5) is 0 Å². The molecule has 0 radical (unpaired) electrons. The van der Waals surface area contributed by atoms with Gasteiger partial charge in [0.25, 0.3) is 0 Å². The molecule has 0 N–H and O–H groups in total. The maximum atomic E-state index is 10.9. The second kappa shape index (κ2) is 34.2. The van der Waals surface area contributed by atoms with Crippen molar-refractivity contribution in [2.75, 3.05) is 146 Å². The summed E-state index contributed by atoms with van der Waals surface area (Å²) in [5, 5.41) is 0. The highest BCUT2D eigenvalue weighted by atomic mass is 16.6. The summed E-state index contributed by atoms with van der Waals surface area (Å²) in [6.07, 6.45) is 0.476. The van der Waals surface area contributed by atoms with Crippen molar-refractivity contribution >= 4 is 5.97 Å². The van der Waals surface area contributed by atoms with Gasteiger partial charge < -0.3 is 56.8 Å². The average molecular weight is 587 g/mol. The molecule has 13 heteroatoms. The van der Waals surface area contributed by atoms with E-state index in [9.17, 15) is 4.79 Å². The Labute approximate surface area is 240 Å². The van der Waals surface area contributed by atoms with Crippen LogP contribution in [0, 0.1) is 0 Å². The zero-order chi connectivity index (χ0) is 29.2. The lowest BCUT2D eigenvalue weighted by atomic mass is 10.5. The Hall–Kier alpha value is -0.970. The minimum atomic E-state index is -0.284. The predicted octanol–water partition coefficient (Wildman–Crippen LogP) is 1.14. The molecule has 0 fully saturated rings. The topological polar surface area (TPSA) is 128 Å². The molecule has 0 saturated carbocycles. The SMILES string of the molecule is COC(=O)CCOCCOCCOCCOCCOCCOCCOCCOCCOCCOCCOC(C)C. The number of hydrogen-bond acceptors (Lipinski definition) is 13. The molecule has 0 aliphatic heterocycles. The highest BCUT2D eigenvalue weighted by molar-refractivity contribution is 5.69. The van der Waals surface area contributed by atoms with Gasteiger partial charge in [-0.15, -0.1) is 0 Å². The standard InChI is InChI=1S/C27H54O13/c1-26(2)40-25-24-39-23-22-38-21-20-37-19-18-36-17-16-35-15-14-34-13-12-33-11-10-32-9-8-31-7-6-30-5-4-27(28)29-3/h26H,4-25H2,1-3H3. The highest BCUT2D eigenvalue weighted by Gasteiger charge is 1.99. The molecule has 0 spiro atoms. The predicted molar refractivity (Wildman–Crippen MR) is 146 cm³/mol. The molecule has 0 amide bonds. The van der Waals surface area contributed by atoms with Crippen molar-refractivity contribution in [2.24, 2.45) is 0 Å². The van der Waals surface area contributed by atoms with E-state index in [4.69, 9.17) is 52.1 Å². The van der Waals surface area contributed by atoms with E-state index in [1.807, 2.05) is 13.8 Å². The van der Waals surface area contributed by atoms with Gasteiger partial charge in [0, 0.05) is 0 Å². The molecule has 0 atom stereocenters. The van der Waals surface area contributed by atoms with E-state index in [2.05, 4.69) is 4.74 Å². The van der Waals surface area contributed by atoms with Crippen LogP contribution in [-0.2, 0) is 61.6 Å². The fraction of sp³-hybridized carbons (Fsp3) is 0.963. The van der Waals surface area contributed by atoms with Crippen molar-refractivity contribution in [1.82, 2.24) is 0 Å². The molecule has 0 aliphatic rings. The van der Waals surface area contributed by atoms with Gasteiger partial charge in [0.05, 0.1) is 158 Å². The smallest absolute Gasteiger partial charge is 0.307 e. The van der Waals surface area contributed by atoms with Crippen LogP contribution in [0.3, 0.4) is 0 Å².